The topological polar surface area (TPSA) is 58.5 Å². The molecular formula is C20H26N2O2. The molecule has 1 heterocycles. The van der Waals surface area contributed by atoms with Crippen LogP contribution >= 0.6 is 0 Å². The highest BCUT2D eigenvalue weighted by Gasteiger charge is 2.30. The molecule has 0 saturated carbocycles. The monoisotopic (exact) mass is 326 g/mol. The average Bonchev–Trinajstić information content (AvgIpc) is 2.61. The third-order valence-corrected chi connectivity index (χ3v) is 4.62. The molecule has 0 bridgehead atoms. The van der Waals surface area contributed by atoms with Gasteiger partial charge in [-0.1, -0.05) is 24.3 Å². The summed E-state index contributed by atoms with van der Waals surface area (Å²) in [5.74, 6) is -0.106. The second-order valence-corrected chi connectivity index (χ2v) is 6.47. The molecule has 0 amide bonds. The van der Waals surface area contributed by atoms with Crippen LogP contribution in [0.4, 0.5) is 5.69 Å². The maximum atomic E-state index is 11.8. The van der Waals surface area contributed by atoms with Crippen LogP contribution in [0.2, 0.25) is 0 Å². The van der Waals surface area contributed by atoms with E-state index in [-0.39, 0.29) is 11.2 Å². The van der Waals surface area contributed by atoms with Crippen molar-refractivity contribution in [1.29, 1.82) is 0 Å². The number of unbranched alkanes of at least 4 members (excludes halogenated alkanes) is 1. The number of hydrogen-bond acceptors (Lipinski definition) is 4. The van der Waals surface area contributed by atoms with Crippen molar-refractivity contribution in [2.45, 2.75) is 39.0 Å². The third-order valence-electron chi connectivity index (χ3n) is 4.62. The maximum absolute atomic E-state index is 11.8. The molecule has 0 unspecified atom stereocenters. The minimum Gasteiger partial charge on any atom is -0.317 e. The lowest BCUT2D eigenvalue weighted by Crippen LogP contribution is -2.37. The molecule has 1 N–H and O–H groups in total. The van der Waals surface area contributed by atoms with Crippen molar-refractivity contribution in [3.63, 3.8) is 0 Å². The van der Waals surface area contributed by atoms with Crippen molar-refractivity contribution >= 4 is 24.0 Å². The van der Waals surface area contributed by atoms with E-state index in [4.69, 9.17) is 0 Å². The van der Waals surface area contributed by atoms with E-state index in [2.05, 4.69) is 10.3 Å². The molecule has 1 aliphatic heterocycles. The summed E-state index contributed by atoms with van der Waals surface area (Å²) in [7, 11) is 0. The molecular weight excluding hydrogens is 300 g/mol. The van der Waals surface area contributed by atoms with Gasteiger partial charge in [-0.2, -0.15) is 0 Å². The van der Waals surface area contributed by atoms with Gasteiger partial charge < -0.3 is 10.1 Å². The van der Waals surface area contributed by atoms with Gasteiger partial charge in [0.2, 0.25) is 0 Å². The molecule has 1 fully saturated rings. The minimum absolute atomic E-state index is 0.106. The second-order valence-electron chi connectivity index (χ2n) is 6.47. The van der Waals surface area contributed by atoms with Gasteiger partial charge >= 0.3 is 0 Å². The molecule has 24 heavy (non-hydrogen) atoms. The van der Waals surface area contributed by atoms with Gasteiger partial charge in [0.1, 0.15) is 6.29 Å². The zero-order valence-electron chi connectivity index (χ0n) is 14.3. The Morgan fingerprint density at radius 2 is 2.04 bits per heavy atom. The normalized spacial score (nSPS) is 17.4. The zero-order valence-corrected chi connectivity index (χ0v) is 14.3. The molecule has 0 radical (unpaired) electrons. The number of carbonyl (C=O) groups is 2. The Bertz CT molecular complexity index is 614. The maximum Gasteiger partial charge on any atom is 0.196 e. The van der Waals surface area contributed by atoms with E-state index >= 15 is 0 Å². The highest BCUT2D eigenvalue weighted by molar-refractivity contribution is 6.33. The van der Waals surface area contributed by atoms with E-state index < -0.39 is 0 Å². The van der Waals surface area contributed by atoms with E-state index in [1.807, 2.05) is 37.3 Å². The van der Waals surface area contributed by atoms with Gasteiger partial charge in [-0.05, 0) is 69.8 Å². The van der Waals surface area contributed by atoms with E-state index in [9.17, 15) is 9.59 Å². The molecule has 1 saturated heterocycles. The smallest absolute Gasteiger partial charge is 0.196 e. The standard InChI is InChI=1S/C20H26N2O2/c1-17-7-4-5-9-19(17)22-15-18(24)8-3-2-6-10-20(16-23)11-13-21-14-12-20/h3-5,7-9,15-16,21H,2,6,10-14H2,1H3/b8-3-,22-15?. The number of piperidine rings is 1. The van der Waals surface area contributed by atoms with Crippen LogP contribution in [0.15, 0.2) is 41.4 Å². The molecule has 0 aromatic heterocycles. The molecule has 1 aromatic rings. The van der Waals surface area contributed by atoms with Crippen molar-refractivity contribution in [2.75, 3.05) is 13.1 Å². The molecule has 2 rings (SSSR count). The minimum atomic E-state index is -0.157. The van der Waals surface area contributed by atoms with Gasteiger partial charge in [0.05, 0.1) is 11.9 Å². The van der Waals surface area contributed by atoms with E-state index in [0.29, 0.717) is 0 Å². The van der Waals surface area contributed by atoms with Crippen LogP contribution in [0.25, 0.3) is 0 Å². The Morgan fingerprint density at radius 1 is 1.29 bits per heavy atom. The number of nitrogens with one attached hydrogen (secondary N) is 1. The van der Waals surface area contributed by atoms with Crippen molar-refractivity contribution in [2.24, 2.45) is 10.4 Å². The van der Waals surface area contributed by atoms with E-state index in [1.54, 1.807) is 6.08 Å². The van der Waals surface area contributed by atoms with Crippen LogP contribution in [-0.4, -0.2) is 31.4 Å². The largest absolute Gasteiger partial charge is 0.317 e. The van der Waals surface area contributed by atoms with Gasteiger partial charge in [0.25, 0.3) is 0 Å². The van der Waals surface area contributed by atoms with Gasteiger partial charge in [-0.15, -0.1) is 0 Å². The molecule has 128 valence electrons. The third kappa shape index (κ3) is 5.53. The fourth-order valence-electron chi connectivity index (χ4n) is 3.01. The number of carbonyl (C=O) groups excluding carboxylic acids is 2. The number of benzene rings is 1. The van der Waals surface area contributed by atoms with Gasteiger partial charge in [-0.25, -0.2) is 0 Å². The molecule has 0 atom stereocenters. The molecule has 4 heteroatoms. The number of aliphatic imine (C=N–C) groups is 1. The quantitative estimate of drug-likeness (QED) is 0.344. The second kappa shape index (κ2) is 9.28. The average molecular weight is 326 g/mol. The highest BCUT2D eigenvalue weighted by Crippen LogP contribution is 2.32. The summed E-state index contributed by atoms with van der Waals surface area (Å²) in [5.41, 5.74) is 1.71. The highest BCUT2D eigenvalue weighted by atomic mass is 16.1. The summed E-state index contributed by atoms with van der Waals surface area (Å²) >= 11 is 0. The number of allylic oxidation sites excluding steroid dienone is 2. The number of para-hydroxylation sites is 1. The first-order valence-corrected chi connectivity index (χ1v) is 8.62. The fraction of sp³-hybridized carbons (Fsp3) is 0.450. The SMILES string of the molecule is Cc1ccccc1N=CC(=O)/C=C\CCCC1(C=O)CCNCC1. The lowest BCUT2D eigenvalue weighted by molar-refractivity contribution is -0.118. The molecule has 0 spiro atoms. The Balaban J connectivity index is 1.74. The number of ketones is 1. The number of hydrogen-bond donors (Lipinski definition) is 1. The van der Waals surface area contributed by atoms with Crippen LogP contribution in [0.3, 0.4) is 0 Å². The van der Waals surface area contributed by atoms with Crippen LogP contribution in [0, 0.1) is 12.3 Å². The number of rotatable bonds is 8. The first kappa shape index (κ1) is 18.3. The lowest BCUT2D eigenvalue weighted by atomic mass is 9.76. The summed E-state index contributed by atoms with van der Waals surface area (Å²) in [5, 5.41) is 3.29. The number of nitrogens with zero attached hydrogens (tertiary/aromatic N) is 1. The summed E-state index contributed by atoms with van der Waals surface area (Å²) in [6.07, 6.45) is 10.4. The Hall–Kier alpha value is -2.07. The summed E-state index contributed by atoms with van der Waals surface area (Å²) in [6.45, 7) is 3.81. The molecule has 0 aliphatic carbocycles. The first-order valence-electron chi connectivity index (χ1n) is 8.62. The molecule has 4 nitrogen and oxygen atoms in total. The molecule has 1 aromatic carbocycles. The fourth-order valence-corrected chi connectivity index (χ4v) is 3.01. The van der Waals surface area contributed by atoms with Crippen LogP contribution in [0.5, 0.6) is 0 Å². The molecule has 1 aliphatic rings. The Labute approximate surface area is 144 Å². The zero-order chi connectivity index (χ0) is 17.3. The summed E-state index contributed by atoms with van der Waals surface area (Å²) in [4.78, 5) is 27.4. The lowest BCUT2D eigenvalue weighted by Gasteiger charge is -2.32. The Morgan fingerprint density at radius 3 is 2.75 bits per heavy atom. The van der Waals surface area contributed by atoms with Crippen molar-refractivity contribution in [3.8, 4) is 0 Å². The summed E-state index contributed by atoms with van der Waals surface area (Å²) in [6, 6.07) is 7.71. The number of aldehydes is 1. The van der Waals surface area contributed by atoms with Gasteiger partial charge in [-0.3, -0.25) is 9.79 Å². The predicted octanol–water partition coefficient (Wildman–Crippen LogP) is 3.56. The van der Waals surface area contributed by atoms with Crippen LogP contribution in [0.1, 0.15) is 37.7 Å². The van der Waals surface area contributed by atoms with Crippen LogP contribution < -0.4 is 5.32 Å². The van der Waals surface area contributed by atoms with Crippen molar-refractivity contribution in [3.05, 3.63) is 42.0 Å². The van der Waals surface area contributed by atoms with Gasteiger partial charge in [0, 0.05) is 5.41 Å². The Kier molecular flexibility index (Phi) is 7.07. The van der Waals surface area contributed by atoms with Crippen molar-refractivity contribution < 1.29 is 9.59 Å². The van der Waals surface area contributed by atoms with Crippen molar-refractivity contribution in [1.82, 2.24) is 5.32 Å². The predicted molar refractivity (Wildman–Crippen MR) is 97.9 cm³/mol. The van der Waals surface area contributed by atoms with Crippen LogP contribution in [-0.2, 0) is 9.59 Å². The van der Waals surface area contributed by atoms with Gasteiger partial charge in [0.15, 0.2) is 5.78 Å². The summed E-state index contributed by atoms with van der Waals surface area (Å²) < 4.78 is 0. The van der Waals surface area contributed by atoms with E-state index in [0.717, 1.165) is 62.7 Å². The first-order chi connectivity index (χ1) is 11.7. The number of aryl methyl sites for hydroxylation is 1. The van der Waals surface area contributed by atoms with E-state index in [1.165, 1.54) is 6.21 Å².